The standard InChI is InChI=1S/C47H62N4O7S/c1-9-11-13-14-15-27-56-36-22-20-33(21-23-36)35-30-48-42(49-31-35)34-18-16-32(17-19-34)28-37(50-44(54)39-24-25-40(59-39)46(3,4)5)43(53)51-38(45(55)58-47(6,7)8)29-41(52)57-26-12-10-2/h16-25,30-31,37-38H,9-15,26-29H2,1-8H3,(H,50,54)(H,51,53)/t37-,38-/m0/s1. The number of ether oxygens (including phenoxy) is 3. The predicted molar refractivity (Wildman–Crippen MR) is 233 cm³/mol. The number of hydrogen-bond donors (Lipinski definition) is 2. The zero-order chi connectivity index (χ0) is 43.0. The third-order valence-corrected chi connectivity index (χ3v) is 10.8. The number of rotatable bonds is 21. The van der Waals surface area contributed by atoms with Crippen molar-refractivity contribution < 1.29 is 33.4 Å². The van der Waals surface area contributed by atoms with E-state index in [0.717, 1.165) is 45.7 Å². The van der Waals surface area contributed by atoms with E-state index in [1.54, 1.807) is 39.2 Å². The van der Waals surface area contributed by atoms with E-state index in [4.69, 9.17) is 14.2 Å². The summed E-state index contributed by atoms with van der Waals surface area (Å²) < 4.78 is 16.8. The zero-order valence-electron chi connectivity index (χ0n) is 36.0. The van der Waals surface area contributed by atoms with Gasteiger partial charge in [-0.2, -0.15) is 0 Å². The highest BCUT2D eigenvalue weighted by Crippen LogP contribution is 2.30. The summed E-state index contributed by atoms with van der Waals surface area (Å²) >= 11 is 1.36. The van der Waals surface area contributed by atoms with Crippen molar-refractivity contribution in [1.29, 1.82) is 0 Å². The molecule has 0 bridgehead atoms. The average Bonchev–Trinajstić information content (AvgIpc) is 3.71. The Hall–Kier alpha value is -5.10. The number of benzene rings is 2. The minimum atomic E-state index is -1.33. The first-order chi connectivity index (χ1) is 28.1. The van der Waals surface area contributed by atoms with Crippen molar-refractivity contribution in [1.82, 2.24) is 20.6 Å². The maximum atomic E-state index is 14.0. The average molecular weight is 827 g/mol. The van der Waals surface area contributed by atoms with Gasteiger partial charge in [0, 0.05) is 34.8 Å². The molecule has 0 radical (unpaired) electrons. The third-order valence-electron chi connectivity index (χ3n) is 9.34. The highest BCUT2D eigenvalue weighted by molar-refractivity contribution is 7.14. The Morgan fingerprint density at radius 2 is 1.34 bits per heavy atom. The molecule has 4 rings (SSSR count). The number of nitrogens with zero attached hydrogens (tertiary/aromatic N) is 2. The van der Waals surface area contributed by atoms with Gasteiger partial charge in [0.25, 0.3) is 5.91 Å². The lowest BCUT2D eigenvalue weighted by atomic mass is 9.95. The Morgan fingerprint density at radius 3 is 1.95 bits per heavy atom. The fraction of sp³-hybridized carbons (Fsp3) is 0.489. The molecular formula is C47H62N4O7S. The molecule has 2 N–H and O–H groups in total. The van der Waals surface area contributed by atoms with Crippen molar-refractivity contribution in [3.63, 3.8) is 0 Å². The molecule has 2 aromatic carbocycles. The van der Waals surface area contributed by atoms with Gasteiger partial charge in [-0.05, 0) is 74.4 Å². The lowest BCUT2D eigenvalue weighted by molar-refractivity contribution is -0.162. The second-order valence-corrected chi connectivity index (χ2v) is 17.9. The highest BCUT2D eigenvalue weighted by Gasteiger charge is 2.33. The van der Waals surface area contributed by atoms with Crippen molar-refractivity contribution >= 4 is 35.1 Å². The second kappa shape index (κ2) is 22.3. The molecule has 318 valence electrons. The van der Waals surface area contributed by atoms with Crippen LogP contribution in [-0.2, 0) is 35.7 Å². The maximum absolute atomic E-state index is 14.0. The molecule has 0 aliphatic heterocycles. The molecule has 0 saturated heterocycles. The first-order valence-corrected chi connectivity index (χ1v) is 21.6. The number of esters is 2. The van der Waals surface area contributed by atoms with Crippen molar-refractivity contribution in [2.24, 2.45) is 0 Å². The van der Waals surface area contributed by atoms with Crippen LogP contribution in [0.15, 0.2) is 73.1 Å². The van der Waals surface area contributed by atoms with Gasteiger partial charge in [0.15, 0.2) is 5.82 Å². The minimum absolute atomic E-state index is 0.0930. The fourth-order valence-electron chi connectivity index (χ4n) is 5.99. The molecule has 12 heteroatoms. The third kappa shape index (κ3) is 15.5. The van der Waals surface area contributed by atoms with E-state index >= 15 is 0 Å². The van der Waals surface area contributed by atoms with E-state index in [1.807, 2.05) is 61.5 Å². The van der Waals surface area contributed by atoms with Crippen LogP contribution in [0.3, 0.4) is 0 Å². The quantitative estimate of drug-likeness (QED) is 0.0620. The van der Waals surface area contributed by atoms with Crippen LogP contribution in [0.2, 0.25) is 0 Å². The van der Waals surface area contributed by atoms with Crippen molar-refractivity contribution in [2.45, 2.75) is 136 Å². The van der Waals surface area contributed by atoms with Crippen LogP contribution in [-0.4, -0.2) is 64.6 Å². The molecular weight excluding hydrogens is 765 g/mol. The maximum Gasteiger partial charge on any atom is 0.329 e. The van der Waals surface area contributed by atoms with Gasteiger partial charge in [0.2, 0.25) is 5.91 Å². The van der Waals surface area contributed by atoms with Gasteiger partial charge >= 0.3 is 11.9 Å². The Labute approximate surface area is 354 Å². The van der Waals surface area contributed by atoms with Gasteiger partial charge in [-0.1, -0.05) is 103 Å². The summed E-state index contributed by atoms with van der Waals surface area (Å²) in [5.74, 6) is -1.12. The molecule has 2 aromatic heterocycles. The molecule has 2 amide bonds. The first kappa shape index (κ1) is 46.6. The van der Waals surface area contributed by atoms with Gasteiger partial charge in [0.05, 0.1) is 24.5 Å². The number of carbonyl (C=O) groups is 4. The SMILES string of the molecule is CCCCCCCOc1ccc(-c2cnc(-c3ccc(C[C@H](NC(=O)c4ccc(C(C)(C)C)s4)C(=O)N[C@@H](CC(=O)OCCCC)C(=O)OC(C)(C)C)cc3)nc2)cc1. The number of unbranched alkanes of at least 4 members (excludes halogenated alkanes) is 5. The Bertz CT molecular complexity index is 1950. The molecule has 0 saturated carbocycles. The van der Waals surface area contributed by atoms with E-state index in [1.165, 1.54) is 37.0 Å². The lowest BCUT2D eigenvalue weighted by Crippen LogP contribution is -2.53. The van der Waals surface area contributed by atoms with Crippen LogP contribution < -0.4 is 15.4 Å². The van der Waals surface area contributed by atoms with E-state index in [-0.39, 0.29) is 18.4 Å². The monoisotopic (exact) mass is 826 g/mol. The van der Waals surface area contributed by atoms with Crippen molar-refractivity contribution in [3.8, 4) is 28.3 Å². The summed E-state index contributed by atoms with van der Waals surface area (Å²) in [6.45, 7) is 16.4. The van der Waals surface area contributed by atoms with E-state index in [9.17, 15) is 19.2 Å². The normalized spacial score (nSPS) is 12.6. The molecule has 0 fully saturated rings. The van der Waals surface area contributed by atoms with Gasteiger partial charge in [0.1, 0.15) is 23.4 Å². The number of amides is 2. The second-order valence-electron chi connectivity index (χ2n) is 16.8. The summed E-state index contributed by atoms with van der Waals surface area (Å²) in [5.41, 5.74) is 2.33. The summed E-state index contributed by atoms with van der Waals surface area (Å²) in [4.78, 5) is 64.4. The Kier molecular flexibility index (Phi) is 17.6. The summed E-state index contributed by atoms with van der Waals surface area (Å²) in [6, 6.07) is 16.6. The van der Waals surface area contributed by atoms with Crippen LogP contribution in [0, 0.1) is 0 Å². The molecule has 2 heterocycles. The molecule has 0 aliphatic rings. The Balaban J connectivity index is 1.49. The van der Waals surface area contributed by atoms with E-state index < -0.39 is 47.9 Å². The highest BCUT2D eigenvalue weighted by atomic mass is 32.1. The molecule has 2 atom stereocenters. The van der Waals surface area contributed by atoms with Gasteiger partial charge in [-0.25, -0.2) is 14.8 Å². The van der Waals surface area contributed by atoms with Crippen LogP contribution in [0.25, 0.3) is 22.5 Å². The Morgan fingerprint density at radius 1 is 0.695 bits per heavy atom. The smallest absolute Gasteiger partial charge is 0.329 e. The summed E-state index contributed by atoms with van der Waals surface area (Å²) in [6.07, 6.45) is 10.7. The summed E-state index contributed by atoms with van der Waals surface area (Å²) in [7, 11) is 0. The van der Waals surface area contributed by atoms with Gasteiger partial charge in [-0.15, -0.1) is 11.3 Å². The largest absolute Gasteiger partial charge is 0.494 e. The summed E-state index contributed by atoms with van der Waals surface area (Å²) in [5, 5.41) is 5.57. The van der Waals surface area contributed by atoms with Crippen LogP contribution in [0.1, 0.15) is 127 Å². The van der Waals surface area contributed by atoms with Crippen molar-refractivity contribution in [3.05, 3.63) is 88.4 Å². The van der Waals surface area contributed by atoms with Crippen molar-refractivity contribution in [2.75, 3.05) is 13.2 Å². The molecule has 0 aliphatic carbocycles. The number of carbonyl (C=O) groups excluding carboxylic acids is 4. The number of thiophene rings is 1. The van der Waals surface area contributed by atoms with Crippen LogP contribution in [0.4, 0.5) is 0 Å². The number of nitrogens with one attached hydrogen (secondary N) is 2. The first-order valence-electron chi connectivity index (χ1n) is 20.8. The number of hydrogen-bond acceptors (Lipinski definition) is 10. The molecule has 4 aromatic rings. The molecule has 59 heavy (non-hydrogen) atoms. The fourth-order valence-corrected chi connectivity index (χ4v) is 6.95. The predicted octanol–water partition coefficient (Wildman–Crippen LogP) is 9.42. The topological polar surface area (TPSA) is 146 Å². The minimum Gasteiger partial charge on any atom is -0.494 e. The van der Waals surface area contributed by atoms with Crippen LogP contribution in [0.5, 0.6) is 5.75 Å². The zero-order valence-corrected chi connectivity index (χ0v) is 36.8. The van der Waals surface area contributed by atoms with Crippen LogP contribution >= 0.6 is 11.3 Å². The van der Waals surface area contributed by atoms with E-state index in [2.05, 4.69) is 48.3 Å². The van der Waals surface area contributed by atoms with E-state index in [0.29, 0.717) is 23.7 Å². The number of aromatic nitrogens is 2. The van der Waals surface area contributed by atoms with Gasteiger partial charge < -0.3 is 24.8 Å². The molecule has 11 nitrogen and oxygen atoms in total. The molecule has 0 unspecified atom stereocenters. The lowest BCUT2D eigenvalue weighted by Gasteiger charge is -2.26. The molecule has 0 spiro atoms. The van der Waals surface area contributed by atoms with Gasteiger partial charge in [-0.3, -0.25) is 14.4 Å².